The summed E-state index contributed by atoms with van der Waals surface area (Å²) >= 11 is 0. The van der Waals surface area contributed by atoms with Gasteiger partial charge in [-0.1, -0.05) is 36.4 Å². The van der Waals surface area contributed by atoms with Crippen molar-refractivity contribution >= 4 is 15.7 Å². The van der Waals surface area contributed by atoms with Crippen molar-refractivity contribution in [3.8, 4) is 0 Å². The van der Waals surface area contributed by atoms with Gasteiger partial charge in [0.15, 0.2) is 0 Å². The number of benzene rings is 2. The highest BCUT2D eigenvalue weighted by atomic mass is 32.2. The number of aryl methyl sites for hydroxylation is 1. The molecule has 0 saturated carbocycles. The fraction of sp³-hybridized carbons (Fsp3) is 0.250. The molecule has 2 aromatic carbocycles. The van der Waals surface area contributed by atoms with Gasteiger partial charge in [0, 0.05) is 6.54 Å². The second-order valence-corrected chi connectivity index (χ2v) is 6.66. The van der Waals surface area contributed by atoms with Crippen LogP contribution in [0.3, 0.4) is 0 Å². The van der Waals surface area contributed by atoms with Crippen molar-refractivity contribution in [1.82, 2.24) is 4.72 Å². The summed E-state index contributed by atoms with van der Waals surface area (Å²) in [5.41, 5.74) is 3.13. The van der Waals surface area contributed by atoms with Crippen LogP contribution in [0.5, 0.6) is 0 Å². The van der Waals surface area contributed by atoms with Gasteiger partial charge in [-0.2, -0.15) is 0 Å². The molecule has 0 saturated heterocycles. The maximum atomic E-state index is 12.0. The molecule has 4 nitrogen and oxygen atoms in total. The molecule has 0 aliphatic heterocycles. The summed E-state index contributed by atoms with van der Waals surface area (Å²) in [5.74, 6) is 0. The first-order valence-electron chi connectivity index (χ1n) is 6.85. The lowest BCUT2D eigenvalue weighted by atomic mass is 10.1. The zero-order valence-electron chi connectivity index (χ0n) is 12.3. The predicted molar refractivity (Wildman–Crippen MR) is 86.1 cm³/mol. The molecule has 0 amide bonds. The molecule has 0 atom stereocenters. The van der Waals surface area contributed by atoms with Crippen molar-refractivity contribution in [2.45, 2.75) is 18.2 Å². The summed E-state index contributed by atoms with van der Waals surface area (Å²) in [4.78, 5) is 0.275. The van der Waals surface area contributed by atoms with E-state index >= 15 is 0 Å². The SMILES string of the molecule is CNS(=O)(=O)c1ccccc1NCCc1ccccc1C. The molecule has 5 heteroatoms. The number of para-hydroxylation sites is 1. The van der Waals surface area contributed by atoms with Crippen LogP contribution in [0.25, 0.3) is 0 Å². The molecule has 0 radical (unpaired) electrons. The van der Waals surface area contributed by atoms with Crippen LogP contribution in [0.4, 0.5) is 5.69 Å². The van der Waals surface area contributed by atoms with E-state index in [9.17, 15) is 8.42 Å². The van der Waals surface area contributed by atoms with E-state index in [4.69, 9.17) is 0 Å². The van der Waals surface area contributed by atoms with Gasteiger partial charge in [-0.3, -0.25) is 0 Å². The molecule has 2 aromatic rings. The van der Waals surface area contributed by atoms with Crippen LogP contribution in [-0.4, -0.2) is 22.0 Å². The Morgan fingerprint density at radius 3 is 2.38 bits per heavy atom. The molecule has 0 heterocycles. The van der Waals surface area contributed by atoms with Crippen LogP contribution in [-0.2, 0) is 16.4 Å². The standard InChI is InChI=1S/C16H20N2O2S/c1-13-7-3-4-8-14(13)11-12-18-15-9-5-6-10-16(15)21(19,20)17-2/h3-10,17-18H,11-12H2,1-2H3. The van der Waals surface area contributed by atoms with Crippen molar-refractivity contribution in [2.24, 2.45) is 0 Å². The lowest BCUT2D eigenvalue weighted by Gasteiger charge is -2.12. The Morgan fingerprint density at radius 2 is 1.67 bits per heavy atom. The van der Waals surface area contributed by atoms with E-state index in [1.54, 1.807) is 18.2 Å². The highest BCUT2D eigenvalue weighted by molar-refractivity contribution is 7.89. The van der Waals surface area contributed by atoms with E-state index in [2.05, 4.69) is 29.1 Å². The molecular weight excluding hydrogens is 284 g/mol. The smallest absolute Gasteiger partial charge is 0.242 e. The van der Waals surface area contributed by atoms with E-state index in [1.165, 1.54) is 18.2 Å². The molecule has 0 bridgehead atoms. The maximum absolute atomic E-state index is 12.0. The Balaban J connectivity index is 2.10. The van der Waals surface area contributed by atoms with Gasteiger partial charge in [-0.25, -0.2) is 13.1 Å². The van der Waals surface area contributed by atoms with Gasteiger partial charge >= 0.3 is 0 Å². The van der Waals surface area contributed by atoms with E-state index in [0.29, 0.717) is 12.2 Å². The molecule has 112 valence electrons. The highest BCUT2D eigenvalue weighted by Gasteiger charge is 2.15. The first kappa shape index (κ1) is 15.5. The zero-order valence-corrected chi connectivity index (χ0v) is 13.1. The second-order valence-electron chi connectivity index (χ2n) is 4.81. The molecule has 0 unspecified atom stereocenters. The molecule has 21 heavy (non-hydrogen) atoms. The zero-order chi connectivity index (χ0) is 15.3. The Hall–Kier alpha value is -1.85. The predicted octanol–water partition coefficient (Wildman–Crippen LogP) is 2.56. The lowest BCUT2D eigenvalue weighted by molar-refractivity contribution is 0.588. The number of hydrogen-bond acceptors (Lipinski definition) is 3. The van der Waals surface area contributed by atoms with Crippen molar-refractivity contribution in [2.75, 3.05) is 18.9 Å². The summed E-state index contributed by atoms with van der Waals surface area (Å²) < 4.78 is 26.3. The first-order chi connectivity index (χ1) is 10.0. The largest absolute Gasteiger partial charge is 0.384 e. The lowest BCUT2D eigenvalue weighted by Crippen LogP contribution is -2.20. The van der Waals surface area contributed by atoms with Gasteiger partial charge in [0.1, 0.15) is 4.90 Å². The first-order valence-corrected chi connectivity index (χ1v) is 8.34. The van der Waals surface area contributed by atoms with Gasteiger partial charge in [0.2, 0.25) is 10.0 Å². The number of sulfonamides is 1. The van der Waals surface area contributed by atoms with Crippen LogP contribution < -0.4 is 10.0 Å². The van der Waals surface area contributed by atoms with E-state index < -0.39 is 10.0 Å². The molecule has 0 spiro atoms. The molecule has 0 aliphatic carbocycles. The highest BCUT2D eigenvalue weighted by Crippen LogP contribution is 2.20. The van der Waals surface area contributed by atoms with E-state index in [1.807, 2.05) is 18.2 Å². The van der Waals surface area contributed by atoms with Crippen molar-refractivity contribution in [3.63, 3.8) is 0 Å². The maximum Gasteiger partial charge on any atom is 0.242 e. The number of rotatable bonds is 6. The van der Waals surface area contributed by atoms with Gasteiger partial charge in [-0.15, -0.1) is 0 Å². The molecular formula is C16H20N2O2S. The van der Waals surface area contributed by atoms with Gasteiger partial charge in [0.25, 0.3) is 0 Å². The van der Waals surface area contributed by atoms with Gasteiger partial charge < -0.3 is 5.32 Å². The van der Waals surface area contributed by atoms with Crippen LogP contribution >= 0.6 is 0 Å². The molecule has 0 aliphatic rings. The van der Waals surface area contributed by atoms with Crippen molar-refractivity contribution in [1.29, 1.82) is 0 Å². The summed E-state index contributed by atoms with van der Waals surface area (Å²) in [6.07, 6.45) is 0.848. The third-order valence-electron chi connectivity index (χ3n) is 3.42. The Bertz CT molecular complexity index is 712. The number of hydrogen-bond donors (Lipinski definition) is 2. The molecule has 0 aromatic heterocycles. The van der Waals surface area contributed by atoms with Crippen LogP contribution in [0.1, 0.15) is 11.1 Å². The van der Waals surface area contributed by atoms with Crippen LogP contribution in [0, 0.1) is 6.92 Å². The minimum absolute atomic E-state index is 0.275. The minimum Gasteiger partial charge on any atom is -0.384 e. The number of anilines is 1. The Morgan fingerprint density at radius 1 is 1.00 bits per heavy atom. The summed E-state index contributed by atoms with van der Waals surface area (Å²) in [6.45, 7) is 2.76. The van der Waals surface area contributed by atoms with Crippen molar-refractivity contribution < 1.29 is 8.42 Å². The fourth-order valence-corrected chi connectivity index (χ4v) is 3.09. The third kappa shape index (κ3) is 3.83. The second kappa shape index (κ2) is 6.74. The van der Waals surface area contributed by atoms with Crippen LogP contribution in [0.2, 0.25) is 0 Å². The summed E-state index contributed by atoms with van der Waals surface area (Å²) in [6, 6.07) is 15.1. The summed E-state index contributed by atoms with van der Waals surface area (Å²) in [7, 11) is -2.03. The molecule has 2 rings (SSSR count). The Labute approximate surface area is 126 Å². The van der Waals surface area contributed by atoms with Gasteiger partial charge in [0.05, 0.1) is 5.69 Å². The van der Waals surface area contributed by atoms with Gasteiger partial charge in [-0.05, 0) is 43.7 Å². The third-order valence-corrected chi connectivity index (χ3v) is 4.89. The normalized spacial score (nSPS) is 11.3. The topological polar surface area (TPSA) is 58.2 Å². The van der Waals surface area contributed by atoms with E-state index in [0.717, 1.165) is 6.42 Å². The fourth-order valence-electron chi connectivity index (χ4n) is 2.18. The molecule has 2 N–H and O–H groups in total. The van der Waals surface area contributed by atoms with Crippen LogP contribution in [0.15, 0.2) is 53.4 Å². The van der Waals surface area contributed by atoms with Crippen molar-refractivity contribution in [3.05, 3.63) is 59.7 Å². The monoisotopic (exact) mass is 304 g/mol. The quantitative estimate of drug-likeness (QED) is 0.862. The molecule has 0 fully saturated rings. The number of nitrogens with one attached hydrogen (secondary N) is 2. The average molecular weight is 304 g/mol. The average Bonchev–Trinajstić information content (AvgIpc) is 2.49. The minimum atomic E-state index is -3.44. The summed E-state index contributed by atoms with van der Waals surface area (Å²) in [5, 5.41) is 3.21. The Kier molecular flexibility index (Phi) is 4.98. The van der Waals surface area contributed by atoms with E-state index in [-0.39, 0.29) is 4.90 Å².